The highest BCUT2D eigenvalue weighted by Gasteiger charge is 2.32. The first kappa shape index (κ1) is 17.6. The minimum absolute atomic E-state index is 0.234. The number of para-hydroxylation sites is 1. The Morgan fingerprint density at radius 3 is 2.54 bits per heavy atom. The molecule has 0 saturated carbocycles. The van der Waals surface area contributed by atoms with Crippen molar-refractivity contribution in [2.45, 2.75) is 36.9 Å². The normalized spacial score (nSPS) is 21.5. The molecule has 0 atom stereocenters. The molecule has 132 valence electrons. The van der Waals surface area contributed by atoms with Crippen LogP contribution in [0.1, 0.15) is 32.1 Å². The van der Waals surface area contributed by atoms with Gasteiger partial charge in [0.2, 0.25) is 0 Å². The molecule has 3 rings (SSSR count). The molecule has 1 aromatic rings. The van der Waals surface area contributed by atoms with Gasteiger partial charge in [-0.05, 0) is 50.5 Å². The lowest BCUT2D eigenvalue weighted by molar-refractivity contribution is 0.0793. The number of hydrogen-bond acceptors (Lipinski definition) is 3. The minimum Gasteiger partial charge on any atom is -0.381 e. The molecular formula is C19H29N3OS. The predicted octanol–water partition coefficient (Wildman–Crippen LogP) is 3.85. The van der Waals surface area contributed by atoms with Crippen LogP contribution in [0.25, 0.3) is 0 Å². The molecule has 2 fully saturated rings. The first-order valence-electron chi connectivity index (χ1n) is 9.06. The van der Waals surface area contributed by atoms with Crippen molar-refractivity contribution >= 4 is 23.4 Å². The summed E-state index contributed by atoms with van der Waals surface area (Å²) in [6.45, 7) is 4.80. The molecule has 2 aliphatic heterocycles. The Balaban J connectivity index is 1.74. The van der Waals surface area contributed by atoms with Gasteiger partial charge in [-0.15, -0.1) is 0 Å². The number of nitrogens with zero attached hydrogens (tertiary/aromatic N) is 2. The third-order valence-electron chi connectivity index (χ3n) is 5.04. The van der Waals surface area contributed by atoms with Crippen LogP contribution in [0.15, 0.2) is 35.3 Å². The Bertz CT molecular complexity index is 523. The van der Waals surface area contributed by atoms with Gasteiger partial charge in [0.1, 0.15) is 0 Å². The lowest BCUT2D eigenvalue weighted by Gasteiger charge is -2.35. The number of rotatable bonds is 4. The smallest absolute Gasteiger partial charge is 0.198 e. The maximum atomic E-state index is 5.56. The average Bonchev–Trinajstić information content (AvgIpc) is 2.67. The zero-order valence-corrected chi connectivity index (χ0v) is 15.5. The number of aliphatic imine (C=N–C) groups is 1. The van der Waals surface area contributed by atoms with Gasteiger partial charge in [0.05, 0.1) is 6.54 Å². The van der Waals surface area contributed by atoms with E-state index in [0.717, 1.165) is 57.3 Å². The van der Waals surface area contributed by atoms with Gasteiger partial charge in [-0.2, -0.15) is 11.8 Å². The number of thioether (sulfide) groups is 1. The van der Waals surface area contributed by atoms with Crippen molar-refractivity contribution in [1.82, 2.24) is 4.90 Å². The minimum atomic E-state index is 0.234. The van der Waals surface area contributed by atoms with Crippen LogP contribution in [0.3, 0.4) is 0 Å². The molecule has 1 aromatic carbocycles. The average molecular weight is 348 g/mol. The molecular weight excluding hydrogens is 318 g/mol. The van der Waals surface area contributed by atoms with Crippen LogP contribution in [0, 0.1) is 0 Å². The molecule has 0 spiro atoms. The van der Waals surface area contributed by atoms with Crippen LogP contribution in [-0.2, 0) is 4.74 Å². The number of guanidine groups is 1. The fourth-order valence-corrected chi connectivity index (χ4v) is 4.13. The van der Waals surface area contributed by atoms with Crippen molar-refractivity contribution < 1.29 is 4.74 Å². The molecule has 24 heavy (non-hydrogen) atoms. The van der Waals surface area contributed by atoms with Crippen molar-refractivity contribution in [2.75, 3.05) is 44.4 Å². The third-order valence-corrected chi connectivity index (χ3v) is 6.44. The molecule has 0 unspecified atom stereocenters. The Morgan fingerprint density at radius 1 is 1.17 bits per heavy atom. The fraction of sp³-hybridized carbons (Fsp3) is 0.632. The van der Waals surface area contributed by atoms with Crippen molar-refractivity contribution in [2.24, 2.45) is 4.99 Å². The molecule has 2 saturated heterocycles. The third kappa shape index (κ3) is 4.67. The van der Waals surface area contributed by atoms with Crippen molar-refractivity contribution in [1.29, 1.82) is 0 Å². The van der Waals surface area contributed by atoms with Crippen LogP contribution >= 0.6 is 11.8 Å². The van der Waals surface area contributed by atoms with Gasteiger partial charge in [0, 0.05) is 36.7 Å². The summed E-state index contributed by atoms with van der Waals surface area (Å²) >= 11 is 1.95. The van der Waals surface area contributed by atoms with E-state index >= 15 is 0 Å². The van der Waals surface area contributed by atoms with Crippen LogP contribution in [0.5, 0.6) is 0 Å². The number of ether oxygens (including phenoxy) is 1. The summed E-state index contributed by atoms with van der Waals surface area (Å²) < 4.78 is 5.79. The number of benzene rings is 1. The molecule has 4 nitrogen and oxygen atoms in total. The zero-order valence-electron chi connectivity index (χ0n) is 14.7. The second kappa shape index (κ2) is 8.77. The summed E-state index contributed by atoms with van der Waals surface area (Å²) in [5, 5.41) is 3.57. The number of piperidine rings is 1. The number of likely N-dealkylation sites (tertiary alicyclic amines) is 1. The molecule has 1 N–H and O–H groups in total. The lowest BCUT2D eigenvalue weighted by atomic mass is 9.99. The van der Waals surface area contributed by atoms with Crippen LogP contribution in [-0.4, -0.2) is 54.7 Å². The van der Waals surface area contributed by atoms with Crippen molar-refractivity contribution in [3.05, 3.63) is 30.3 Å². The summed E-state index contributed by atoms with van der Waals surface area (Å²) in [6.07, 6.45) is 8.26. The fourth-order valence-electron chi connectivity index (χ4n) is 3.36. The maximum absolute atomic E-state index is 5.56. The number of nitrogens with one attached hydrogen (secondary N) is 1. The summed E-state index contributed by atoms with van der Waals surface area (Å²) in [4.78, 5) is 7.48. The highest BCUT2D eigenvalue weighted by molar-refractivity contribution is 8.00. The summed E-state index contributed by atoms with van der Waals surface area (Å²) in [5.41, 5.74) is 1.12. The van der Waals surface area contributed by atoms with E-state index in [1.807, 2.05) is 17.8 Å². The standard InChI is InChI=1S/C19H29N3OS/c1-24-19(10-14-23-15-11-19)16-20-18(22-12-6-3-7-13-22)21-17-8-4-2-5-9-17/h2,4-5,8-9H,3,6-7,10-16H2,1H3,(H,20,21). The van der Waals surface area contributed by atoms with E-state index in [-0.39, 0.29) is 4.75 Å². The molecule has 0 amide bonds. The van der Waals surface area contributed by atoms with Crippen molar-refractivity contribution in [3.8, 4) is 0 Å². The zero-order chi connectivity index (χ0) is 16.7. The van der Waals surface area contributed by atoms with Gasteiger partial charge in [-0.3, -0.25) is 4.99 Å². The van der Waals surface area contributed by atoms with Gasteiger partial charge in [0.15, 0.2) is 5.96 Å². The topological polar surface area (TPSA) is 36.9 Å². The highest BCUT2D eigenvalue weighted by Crippen LogP contribution is 2.34. The lowest BCUT2D eigenvalue weighted by Crippen LogP contribution is -2.42. The van der Waals surface area contributed by atoms with E-state index in [1.165, 1.54) is 19.3 Å². The molecule has 2 heterocycles. The Hall–Kier alpha value is -1.20. The SMILES string of the molecule is CSC1(CN=C(Nc2ccccc2)N2CCCCC2)CCOCC1. The van der Waals surface area contributed by atoms with E-state index in [9.17, 15) is 0 Å². The molecule has 2 aliphatic rings. The molecule has 0 aromatic heterocycles. The van der Waals surface area contributed by atoms with E-state index in [0.29, 0.717) is 0 Å². The second-order valence-corrected chi connectivity index (χ2v) is 7.95. The van der Waals surface area contributed by atoms with Crippen LogP contribution in [0.2, 0.25) is 0 Å². The van der Waals surface area contributed by atoms with Gasteiger partial charge >= 0.3 is 0 Å². The van der Waals surface area contributed by atoms with E-state index < -0.39 is 0 Å². The number of anilines is 1. The van der Waals surface area contributed by atoms with Gasteiger partial charge in [-0.25, -0.2) is 0 Å². The van der Waals surface area contributed by atoms with E-state index in [4.69, 9.17) is 9.73 Å². The molecule has 0 bridgehead atoms. The summed E-state index contributed by atoms with van der Waals surface area (Å²) in [7, 11) is 0. The van der Waals surface area contributed by atoms with Crippen molar-refractivity contribution in [3.63, 3.8) is 0 Å². The highest BCUT2D eigenvalue weighted by atomic mass is 32.2. The monoisotopic (exact) mass is 347 g/mol. The quantitative estimate of drug-likeness (QED) is 0.663. The Morgan fingerprint density at radius 2 is 1.88 bits per heavy atom. The Kier molecular flexibility index (Phi) is 6.44. The largest absolute Gasteiger partial charge is 0.381 e. The molecule has 5 heteroatoms. The van der Waals surface area contributed by atoms with E-state index in [1.54, 1.807) is 0 Å². The summed E-state index contributed by atoms with van der Waals surface area (Å²) in [5.74, 6) is 1.04. The first-order chi connectivity index (χ1) is 11.8. The molecule has 0 aliphatic carbocycles. The van der Waals surface area contributed by atoms with Crippen LogP contribution in [0.4, 0.5) is 5.69 Å². The second-order valence-electron chi connectivity index (χ2n) is 6.68. The summed E-state index contributed by atoms with van der Waals surface area (Å²) in [6, 6.07) is 10.4. The predicted molar refractivity (Wildman–Crippen MR) is 104 cm³/mol. The molecule has 0 radical (unpaired) electrons. The number of hydrogen-bond donors (Lipinski definition) is 1. The maximum Gasteiger partial charge on any atom is 0.198 e. The van der Waals surface area contributed by atoms with Crippen LogP contribution < -0.4 is 5.32 Å². The Labute approximate surface area is 150 Å². The van der Waals surface area contributed by atoms with Gasteiger partial charge in [-0.1, -0.05) is 18.2 Å². The van der Waals surface area contributed by atoms with Gasteiger partial charge < -0.3 is 15.0 Å². The first-order valence-corrected chi connectivity index (χ1v) is 10.3. The van der Waals surface area contributed by atoms with E-state index in [2.05, 4.69) is 40.7 Å². The van der Waals surface area contributed by atoms with Gasteiger partial charge in [0.25, 0.3) is 0 Å².